The molecule has 138 valence electrons. The summed E-state index contributed by atoms with van der Waals surface area (Å²) >= 11 is 0. The predicted octanol–water partition coefficient (Wildman–Crippen LogP) is 1.97. The van der Waals surface area contributed by atoms with Crippen LogP contribution in [0.25, 0.3) is 0 Å². The molecule has 2 amide bonds. The molecule has 2 heterocycles. The molecule has 2 aliphatic carbocycles. The van der Waals surface area contributed by atoms with Gasteiger partial charge in [0, 0.05) is 19.0 Å². The molecule has 1 unspecified atom stereocenters. The first-order valence-corrected chi connectivity index (χ1v) is 9.93. The molecule has 26 heavy (non-hydrogen) atoms. The summed E-state index contributed by atoms with van der Waals surface area (Å²) in [5.74, 6) is 2.22. The van der Waals surface area contributed by atoms with E-state index >= 15 is 0 Å². The molecule has 2 saturated carbocycles. The van der Waals surface area contributed by atoms with Crippen molar-refractivity contribution < 1.29 is 14.7 Å². The van der Waals surface area contributed by atoms with Crippen molar-refractivity contribution >= 4 is 11.8 Å². The molecule has 0 aromatic heterocycles. The number of aliphatic hydroxyl groups is 1. The lowest BCUT2D eigenvalue weighted by Crippen LogP contribution is -2.52. The van der Waals surface area contributed by atoms with Crippen LogP contribution >= 0.6 is 0 Å². The van der Waals surface area contributed by atoms with Gasteiger partial charge in [-0.15, -0.1) is 0 Å². The third-order valence-corrected chi connectivity index (χ3v) is 6.99. The van der Waals surface area contributed by atoms with Gasteiger partial charge in [-0.2, -0.15) is 0 Å². The van der Waals surface area contributed by atoms with Gasteiger partial charge in [0.25, 0.3) is 0 Å². The Kier molecular flexibility index (Phi) is 3.82. The number of rotatable bonds is 4. The van der Waals surface area contributed by atoms with Crippen molar-refractivity contribution in [2.24, 2.45) is 17.8 Å². The Balaban J connectivity index is 1.18. The molecule has 0 radical (unpaired) electrons. The van der Waals surface area contributed by atoms with Crippen LogP contribution in [0.2, 0.25) is 0 Å². The second-order valence-corrected chi connectivity index (χ2v) is 8.63. The Morgan fingerprint density at radius 2 is 1.62 bits per heavy atom. The molecule has 2 bridgehead atoms. The fraction of sp³-hybridized carbons (Fsp3) is 0.619. The van der Waals surface area contributed by atoms with Crippen molar-refractivity contribution in [3.8, 4) is 0 Å². The molecule has 1 aromatic carbocycles. The fourth-order valence-electron chi connectivity index (χ4n) is 5.47. The second-order valence-electron chi connectivity index (χ2n) is 8.63. The highest BCUT2D eigenvalue weighted by Gasteiger charge is 2.52. The summed E-state index contributed by atoms with van der Waals surface area (Å²) in [6.07, 6.45) is 3.77. The molecule has 2 saturated heterocycles. The zero-order chi connectivity index (χ0) is 17.8. The van der Waals surface area contributed by atoms with E-state index in [9.17, 15) is 14.7 Å². The van der Waals surface area contributed by atoms with Gasteiger partial charge >= 0.3 is 0 Å². The van der Waals surface area contributed by atoms with Crippen LogP contribution in [-0.4, -0.2) is 51.9 Å². The maximum atomic E-state index is 12.8. The van der Waals surface area contributed by atoms with E-state index in [1.165, 1.54) is 6.42 Å². The van der Waals surface area contributed by atoms with Crippen LogP contribution in [0.3, 0.4) is 0 Å². The number of hydrogen-bond donors (Lipinski definition) is 1. The van der Waals surface area contributed by atoms with E-state index in [2.05, 4.69) is 4.90 Å². The number of hydrogen-bond acceptors (Lipinski definition) is 3. The van der Waals surface area contributed by atoms with Gasteiger partial charge in [-0.05, 0) is 43.1 Å². The number of nitrogens with zero attached hydrogens (tertiary/aromatic N) is 2. The number of amides is 2. The average Bonchev–Trinajstić information content (AvgIpc) is 3.05. The molecule has 5 nitrogen and oxygen atoms in total. The number of piperazine rings is 1. The first kappa shape index (κ1) is 16.3. The smallest absolute Gasteiger partial charge is 0.226 e. The van der Waals surface area contributed by atoms with E-state index in [1.807, 2.05) is 35.2 Å². The van der Waals surface area contributed by atoms with E-state index in [0.717, 1.165) is 36.7 Å². The third-order valence-electron chi connectivity index (χ3n) is 6.99. The molecule has 6 atom stereocenters. The van der Waals surface area contributed by atoms with Crippen LogP contribution in [0, 0.1) is 17.8 Å². The molecule has 5 heteroatoms. The fourth-order valence-corrected chi connectivity index (χ4v) is 5.47. The minimum absolute atomic E-state index is 0.00284. The van der Waals surface area contributed by atoms with E-state index < -0.39 is 6.10 Å². The summed E-state index contributed by atoms with van der Waals surface area (Å²) in [6.45, 7) is 1.32. The second kappa shape index (κ2) is 6.08. The lowest BCUT2D eigenvalue weighted by Gasteiger charge is -2.36. The minimum Gasteiger partial charge on any atom is -0.388 e. The van der Waals surface area contributed by atoms with Crippen LogP contribution in [0.1, 0.15) is 43.8 Å². The van der Waals surface area contributed by atoms with Crippen LogP contribution in [0.15, 0.2) is 30.3 Å². The highest BCUT2D eigenvalue weighted by atomic mass is 16.3. The van der Waals surface area contributed by atoms with E-state index in [-0.39, 0.29) is 30.3 Å². The number of likely N-dealkylation sites (tertiary alicyclic amines) is 2. The third kappa shape index (κ3) is 2.73. The van der Waals surface area contributed by atoms with Crippen molar-refractivity contribution in [3.63, 3.8) is 0 Å². The summed E-state index contributed by atoms with van der Waals surface area (Å²) in [7, 11) is 0. The highest BCUT2D eigenvalue weighted by Crippen LogP contribution is 2.55. The Morgan fingerprint density at radius 3 is 2.27 bits per heavy atom. The summed E-state index contributed by atoms with van der Waals surface area (Å²) in [4.78, 5) is 29.4. The molecular formula is C21H26N2O3. The largest absolute Gasteiger partial charge is 0.388 e. The first-order chi connectivity index (χ1) is 12.6. The molecule has 0 spiro atoms. The van der Waals surface area contributed by atoms with Gasteiger partial charge in [-0.3, -0.25) is 9.59 Å². The van der Waals surface area contributed by atoms with Gasteiger partial charge in [0.1, 0.15) is 0 Å². The topological polar surface area (TPSA) is 60.9 Å². The SMILES string of the molecule is O=C(C[C@H](O)c1ccccc1)N1C[C@@H]2C[C@H]1CN2C(=O)C1C[C@@H]2C[C@@H]2C1. The van der Waals surface area contributed by atoms with E-state index in [0.29, 0.717) is 19.0 Å². The molecular weight excluding hydrogens is 328 g/mol. The minimum atomic E-state index is -0.759. The number of carbonyl (C=O) groups excluding carboxylic acids is 2. The standard InChI is InChI=1S/C21H26N2O3/c24-19(13-4-2-1-3-5-13)10-20(25)22-11-18-9-17(22)12-23(18)21(26)16-7-14-6-15(14)8-16/h1-5,14-19,24H,6-12H2/t14-,15+,16?,17-,18-,19-/m0/s1. The van der Waals surface area contributed by atoms with Crippen LogP contribution < -0.4 is 0 Å². The maximum absolute atomic E-state index is 12.8. The van der Waals surface area contributed by atoms with E-state index in [4.69, 9.17) is 0 Å². The Morgan fingerprint density at radius 1 is 0.962 bits per heavy atom. The highest BCUT2D eigenvalue weighted by molar-refractivity contribution is 5.82. The van der Waals surface area contributed by atoms with Gasteiger partial charge in [-0.25, -0.2) is 0 Å². The van der Waals surface area contributed by atoms with Gasteiger partial charge in [-0.1, -0.05) is 30.3 Å². The van der Waals surface area contributed by atoms with Crippen molar-refractivity contribution in [2.75, 3.05) is 13.1 Å². The Labute approximate surface area is 154 Å². The van der Waals surface area contributed by atoms with Crippen molar-refractivity contribution in [1.82, 2.24) is 9.80 Å². The number of fused-ring (bicyclic) bond motifs is 3. The lowest BCUT2D eigenvalue weighted by molar-refractivity contribution is -0.143. The molecule has 4 fully saturated rings. The van der Waals surface area contributed by atoms with Gasteiger partial charge in [0.05, 0.1) is 24.6 Å². The molecule has 4 aliphatic rings. The summed E-state index contributed by atoms with van der Waals surface area (Å²) in [6, 6.07) is 9.66. The average molecular weight is 354 g/mol. The number of aliphatic hydroxyl groups excluding tert-OH is 1. The number of carbonyl (C=O) groups is 2. The molecule has 5 rings (SSSR count). The van der Waals surface area contributed by atoms with Crippen LogP contribution in [0.5, 0.6) is 0 Å². The quantitative estimate of drug-likeness (QED) is 0.899. The predicted molar refractivity (Wildman–Crippen MR) is 96.0 cm³/mol. The van der Waals surface area contributed by atoms with Gasteiger partial charge in [0.15, 0.2) is 0 Å². The Bertz CT molecular complexity index is 711. The van der Waals surface area contributed by atoms with Gasteiger partial charge in [0.2, 0.25) is 11.8 Å². The van der Waals surface area contributed by atoms with Crippen molar-refractivity contribution in [3.05, 3.63) is 35.9 Å². The van der Waals surface area contributed by atoms with Crippen LogP contribution in [-0.2, 0) is 9.59 Å². The summed E-state index contributed by atoms with van der Waals surface area (Å²) < 4.78 is 0. The Hall–Kier alpha value is -1.88. The number of benzene rings is 1. The van der Waals surface area contributed by atoms with Crippen molar-refractivity contribution in [2.45, 2.75) is 50.3 Å². The van der Waals surface area contributed by atoms with Gasteiger partial charge < -0.3 is 14.9 Å². The normalized spacial score (nSPS) is 35.5. The molecule has 1 aromatic rings. The van der Waals surface area contributed by atoms with Crippen molar-refractivity contribution in [1.29, 1.82) is 0 Å². The lowest BCUT2D eigenvalue weighted by atomic mass is 10.0. The summed E-state index contributed by atoms with van der Waals surface area (Å²) in [5, 5.41) is 10.3. The van der Waals surface area contributed by atoms with Crippen LogP contribution in [0.4, 0.5) is 0 Å². The monoisotopic (exact) mass is 354 g/mol. The zero-order valence-electron chi connectivity index (χ0n) is 15.0. The summed E-state index contributed by atoms with van der Waals surface area (Å²) in [5.41, 5.74) is 0.779. The van der Waals surface area contributed by atoms with E-state index in [1.54, 1.807) is 0 Å². The first-order valence-electron chi connectivity index (χ1n) is 9.93. The molecule has 1 N–H and O–H groups in total. The zero-order valence-corrected chi connectivity index (χ0v) is 15.0. The molecule has 2 aliphatic heterocycles. The maximum Gasteiger partial charge on any atom is 0.226 e.